The molecule has 1 saturated carbocycles. The highest BCUT2D eigenvalue weighted by molar-refractivity contribution is 7.11. The fourth-order valence-corrected chi connectivity index (χ4v) is 3.09. The van der Waals surface area contributed by atoms with Crippen molar-refractivity contribution in [1.29, 1.82) is 0 Å². The molecule has 1 aromatic carbocycles. The fraction of sp³-hybridized carbons (Fsp3) is 0.375. The van der Waals surface area contributed by atoms with Crippen LogP contribution >= 0.6 is 11.3 Å². The molecule has 0 bridgehead atoms. The van der Waals surface area contributed by atoms with Gasteiger partial charge in [0.2, 0.25) is 5.91 Å². The van der Waals surface area contributed by atoms with E-state index in [1.165, 1.54) is 4.88 Å². The summed E-state index contributed by atoms with van der Waals surface area (Å²) in [5.41, 5.74) is 2.95. The van der Waals surface area contributed by atoms with Gasteiger partial charge in [0, 0.05) is 22.2 Å². The van der Waals surface area contributed by atoms with Gasteiger partial charge in [0.25, 0.3) is 0 Å². The van der Waals surface area contributed by atoms with E-state index in [1.807, 2.05) is 38.1 Å². The number of hydrogen-bond donors (Lipinski definition) is 2. The number of aromatic nitrogens is 1. The van der Waals surface area contributed by atoms with E-state index >= 15 is 0 Å². The number of aryl methyl sites for hydroxylation is 2. The van der Waals surface area contributed by atoms with Crippen LogP contribution in [0.2, 0.25) is 0 Å². The maximum absolute atomic E-state index is 11.8. The van der Waals surface area contributed by atoms with E-state index in [1.54, 1.807) is 11.3 Å². The minimum Gasteiger partial charge on any atom is -0.380 e. The Morgan fingerprint density at radius 2 is 2.10 bits per heavy atom. The number of thiazole rings is 1. The molecule has 4 nitrogen and oxygen atoms in total. The largest absolute Gasteiger partial charge is 0.380 e. The van der Waals surface area contributed by atoms with Crippen molar-refractivity contribution in [3.8, 4) is 0 Å². The van der Waals surface area contributed by atoms with Crippen LogP contribution in [-0.2, 0) is 11.3 Å². The lowest BCUT2D eigenvalue weighted by atomic mass is 10.2. The van der Waals surface area contributed by atoms with E-state index in [0.29, 0.717) is 0 Å². The van der Waals surface area contributed by atoms with Gasteiger partial charge in [0.05, 0.1) is 17.2 Å². The van der Waals surface area contributed by atoms with Crippen molar-refractivity contribution < 1.29 is 4.79 Å². The molecule has 21 heavy (non-hydrogen) atoms. The van der Waals surface area contributed by atoms with Crippen LogP contribution < -0.4 is 10.6 Å². The molecular formula is C16H19N3OS. The second kappa shape index (κ2) is 5.85. The number of hydrogen-bond acceptors (Lipinski definition) is 4. The summed E-state index contributed by atoms with van der Waals surface area (Å²) < 4.78 is 0. The molecular weight excluding hydrogens is 282 g/mol. The first-order valence-electron chi connectivity index (χ1n) is 7.19. The molecule has 1 amide bonds. The number of carbonyl (C=O) groups excluding carboxylic acids is 1. The highest BCUT2D eigenvalue weighted by Crippen LogP contribution is 2.30. The minimum atomic E-state index is 0.140. The Morgan fingerprint density at radius 3 is 2.76 bits per heavy atom. The van der Waals surface area contributed by atoms with Gasteiger partial charge in [-0.15, -0.1) is 11.3 Å². The van der Waals surface area contributed by atoms with Crippen molar-refractivity contribution in [2.45, 2.75) is 33.2 Å². The zero-order valence-electron chi connectivity index (χ0n) is 12.3. The average Bonchev–Trinajstić information content (AvgIpc) is 3.23. The van der Waals surface area contributed by atoms with E-state index in [2.05, 4.69) is 15.6 Å². The van der Waals surface area contributed by atoms with Crippen molar-refractivity contribution in [2.75, 3.05) is 10.6 Å². The molecule has 0 aliphatic heterocycles. The van der Waals surface area contributed by atoms with E-state index in [-0.39, 0.29) is 11.8 Å². The molecule has 0 unspecified atom stereocenters. The predicted octanol–water partition coefficient (Wildman–Crippen LogP) is 3.72. The van der Waals surface area contributed by atoms with E-state index < -0.39 is 0 Å². The lowest BCUT2D eigenvalue weighted by molar-refractivity contribution is -0.117. The number of rotatable bonds is 5. The molecule has 1 aromatic heterocycles. The third-order valence-corrected chi connectivity index (χ3v) is 4.60. The zero-order chi connectivity index (χ0) is 14.8. The first-order valence-corrected chi connectivity index (χ1v) is 8.01. The van der Waals surface area contributed by atoms with Crippen molar-refractivity contribution >= 4 is 28.6 Å². The molecule has 2 aromatic rings. The number of benzene rings is 1. The third kappa shape index (κ3) is 3.61. The molecule has 1 heterocycles. The second-order valence-corrected chi connectivity index (χ2v) is 6.73. The summed E-state index contributed by atoms with van der Waals surface area (Å²) >= 11 is 1.72. The highest BCUT2D eigenvalue weighted by atomic mass is 32.1. The Balaban J connectivity index is 1.62. The maximum Gasteiger partial charge on any atom is 0.227 e. The van der Waals surface area contributed by atoms with Crippen LogP contribution in [0.4, 0.5) is 11.4 Å². The molecule has 5 heteroatoms. The van der Waals surface area contributed by atoms with Gasteiger partial charge in [-0.1, -0.05) is 6.07 Å². The van der Waals surface area contributed by atoms with Gasteiger partial charge in [-0.05, 0) is 44.9 Å². The molecule has 0 saturated heterocycles. The number of nitrogens with zero attached hydrogens (tertiary/aromatic N) is 1. The standard InChI is InChI=1S/C16H19N3OS/c1-10-15(21-11(2)18-10)9-17-13-4-3-5-14(8-13)19-16(20)12-6-7-12/h3-5,8,12,17H,6-7,9H2,1-2H3,(H,19,20). The topological polar surface area (TPSA) is 54.0 Å². The third-order valence-electron chi connectivity index (χ3n) is 3.53. The highest BCUT2D eigenvalue weighted by Gasteiger charge is 2.29. The Kier molecular flexibility index (Phi) is 3.92. The second-order valence-electron chi connectivity index (χ2n) is 5.44. The van der Waals surface area contributed by atoms with E-state index in [4.69, 9.17) is 0 Å². The van der Waals surface area contributed by atoms with Gasteiger partial charge >= 0.3 is 0 Å². The normalized spacial score (nSPS) is 14.0. The van der Waals surface area contributed by atoms with Crippen LogP contribution in [0.15, 0.2) is 24.3 Å². The van der Waals surface area contributed by atoms with Gasteiger partial charge in [-0.25, -0.2) is 4.98 Å². The average molecular weight is 301 g/mol. The summed E-state index contributed by atoms with van der Waals surface area (Å²) in [6.07, 6.45) is 2.04. The number of anilines is 2. The molecule has 1 aliphatic carbocycles. The molecule has 0 radical (unpaired) electrons. The summed E-state index contributed by atoms with van der Waals surface area (Å²) in [4.78, 5) is 17.5. The van der Waals surface area contributed by atoms with E-state index in [0.717, 1.165) is 41.5 Å². The molecule has 1 fully saturated rings. The minimum absolute atomic E-state index is 0.140. The van der Waals surface area contributed by atoms with Gasteiger partial charge in [-0.3, -0.25) is 4.79 Å². The number of amides is 1. The van der Waals surface area contributed by atoms with Gasteiger partial charge in [0.15, 0.2) is 0 Å². The predicted molar refractivity (Wildman–Crippen MR) is 86.7 cm³/mol. The Bertz CT molecular complexity index is 661. The Labute approximate surface area is 128 Å². The lowest BCUT2D eigenvalue weighted by Crippen LogP contribution is -2.13. The van der Waals surface area contributed by atoms with E-state index in [9.17, 15) is 4.79 Å². The van der Waals surface area contributed by atoms with Crippen molar-refractivity contribution in [3.63, 3.8) is 0 Å². The summed E-state index contributed by atoms with van der Waals surface area (Å²) in [7, 11) is 0. The van der Waals surface area contributed by atoms with Crippen molar-refractivity contribution in [2.24, 2.45) is 5.92 Å². The Morgan fingerprint density at radius 1 is 1.33 bits per heavy atom. The van der Waals surface area contributed by atoms with Crippen LogP contribution in [0, 0.1) is 19.8 Å². The van der Waals surface area contributed by atoms with Crippen LogP contribution in [0.1, 0.15) is 28.4 Å². The van der Waals surface area contributed by atoms with Crippen LogP contribution in [0.3, 0.4) is 0 Å². The SMILES string of the molecule is Cc1nc(C)c(CNc2cccc(NC(=O)C3CC3)c2)s1. The maximum atomic E-state index is 11.8. The monoisotopic (exact) mass is 301 g/mol. The van der Waals surface area contributed by atoms with Crippen molar-refractivity contribution in [1.82, 2.24) is 4.98 Å². The lowest BCUT2D eigenvalue weighted by Gasteiger charge is -2.09. The summed E-state index contributed by atoms with van der Waals surface area (Å²) in [6.45, 7) is 4.82. The molecule has 2 N–H and O–H groups in total. The van der Waals surface area contributed by atoms with Crippen LogP contribution in [0.25, 0.3) is 0 Å². The first-order chi connectivity index (χ1) is 10.1. The molecule has 1 aliphatic rings. The first kappa shape index (κ1) is 14.1. The van der Waals surface area contributed by atoms with Crippen molar-refractivity contribution in [3.05, 3.63) is 39.8 Å². The van der Waals surface area contributed by atoms with Crippen LogP contribution in [-0.4, -0.2) is 10.9 Å². The van der Waals surface area contributed by atoms with Gasteiger partial charge in [-0.2, -0.15) is 0 Å². The quantitative estimate of drug-likeness (QED) is 0.885. The van der Waals surface area contributed by atoms with Gasteiger partial charge < -0.3 is 10.6 Å². The van der Waals surface area contributed by atoms with Gasteiger partial charge in [0.1, 0.15) is 0 Å². The zero-order valence-corrected chi connectivity index (χ0v) is 13.1. The summed E-state index contributed by atoms with van der Waals surface area (Å²) in [6, 6.07) is 7.86. The smallest absolute Gasteiger partial charge is 0.227 e. The number of nitrogens with one attached hydrogen (secondary N) is 2. The fourth-order valence-electron chi connectivity index (χ4n) is 2.22. The summed E-state index contributed by atoms with van der Waals surface area (Å²) in [5, 5.41) is 7.45. The number of carbonyl (C=O) groups is 1. The summed E-state index contributed by atoms with van der Waals surface area (Å²) in [5.74, 6) is 0.366. The molecule has 3 rings (SSSR count). The molecule has 110 valence electrons. The van der Waals surface area contributed by atoms with Crippen LogP contribution in [0.5, 0.6) is 0 Å². The molecule has 0 spiro atoms. The molecule has 0 atom stereocenters. The Hall–Kier alpha value is -1.88.